The minimum Gasteiger partial charge on any atom is -0.507 e. The molecule has 9 nitrogen and oxygen atoms in total. The minimum absolute atomic E-state index is 0.0149. The number of nitrogens with two attached hydrogens (primary N) is 1. The SMILES string of the molecule is NC(CS)C(=O)N1CC(Oc2ccc(CCB(O)O)c(O)c2C(=O)O)C1. The van der Waals surface area contributed by atoms with E-state index >= 15 is 0 Å². The zero-order chi connectivity index (χ0) is 19.4. The van der Waals surface area contributed by atoms with Crippen LogP contribution in [0.2, 0.25) is 6.32 Å². The van der Waals surface area contributed by atoms with Gasteiger partial charge in [-0.05, 0) is 24.4 Å². The van der Waals surface area contributed by atoms with Crippen LogP contribution in [0.3, 0.4) is 0 Å². The van der Waals surface area contributed by atoms with E-state index in [0.717, 1.165) is 0 Å². The molecule has 1 aromatic carbocycles. The standard InChI is InChI=1S/C15H21BN2O7S/c17-10(7-26)14(20)18-5-9(6-18)25-11-2-1-8(3-4-16(23)24)13(19)12(11)15(21)22/h1-2,9-10,19,23-24,26H,3-7,17H2,(H,21,22). The Labute approximate surface area is 155 Å². The third-order valence-electron chi connectivity index (χ3n) is 4.08. The van der Waals surface area contributed by atoms with Gasteiger partial charge in [-0.2, -0.15) is 12.6 Å². The molecule has 11 heteroatoms. The van der Waals surface area contributed by atoms with Crippen LogP contribution < -0.4 is 10.5 Å². The number of amides is 1. The number of benzene rings is 1. The third kappa shape index (κ3) is 4.61. The number of carbonyl (C=O) groups excluding carboxylic acids is 1. The zero-order valence-corrected chi connectivity index (χ0v) is 14.8. The van der Waals surface area contributed by atoms with Gasteiger partial charge in [0.05, 0.1) is 19.1 Å². The maximum atomic E-state index is 11.9. The Hall–Kier alpha value is -1.95. The van der Waals surface area contributed by atoms with E-state index in [4.69, 9.17) is 20.5 Å². The van der Waals surface area contributed by atoms with Crippen LogP contribution in [-0.4, -0.2) is 75.1 Å². The van der Waals surface area contributed by atoms with Gasteiger partial charge in [0, 0.05) is 5.75 Å². The number of aromatic hydroxyl groups is 1. The summed E-state index contributed by atoms with van der Waals surface area (Å²) < 4.78 is 5.60. The van der Waals surface area contributed by atoms with Crippen LogP contribution in [0.1, 0.15) is 15.9 Å². The Morgan fingerprint density at radius 2 is 2.04 bits per heavy atom. The molecule has 0 aliphatic carbocycles. The van der Waals surface area contributed by atoms with Crippen molar-refractivity contribution in [2.24, 2.45) is 5.73 Å². The van der Waals surface area contributed by atoms with Gasteiger partial charge in [0.25, 0.3) is 0 Å². The van der Waals surface area contributed by atoms with E-state index in [1.54, 1.807) is 0 Å². The number of likely N-dealkylation sites (tertiary alicyclic amines) is 1. The molecule has 1 aliphatic rings. The van der Waals surface area contributed by atoms with Crippen molar-refractivity contribution < 1.29 is 34.6 Å². The third-order valence-corrected chi connectivity index (χ3v) is 4.47. The first kappa shape index (κ1) is 20.4. The molecule has 0 radical (unpaired) electrons. The number of hydrogen-bond acceptors (Lipinski definition) is 8. The second-order valence-corrected chi connectivity index (χ2v) is 6.41. The van der Waals surface area contributed by atoms with E-state index in [1.807, 2.05) is 0 Å². The highest BCUT2D eigenvalue weighted by Gasteiger charge is 2.35. The lowest BCUT2D eigenvalue weighted by Crippen LogP contribution is -2.60. The first-order valence-electron chi connectivity index (χ1n) is 8.00. The molecule has 1 amide bonds. The summed E-state index contributed by atoms with van der Waals surface area (Å²) in [6, 6.07) is 2.18. The van der Waals surface area contributed by atoms with Crippen molar-refractivity contribution in [3.63, 3.8) is 0 Å². The van der Waals surface area contributed by atoms with Crippen molar-refractivity contribution in [2.45, 2.75) is 24.9 Å². The lowest BCUT2D eigenvalue weighted by Gasteiger charge is -2.40. The summed E-state index contributed by atoms with van der Waals surface area (Å²) in [5.74, 6) is -1.88. The lowest BCUT2D eigenvalue weighted by molar-refractivity contribution is -0.140. The molecule has 0 saturated carbocycles. The first-order valence-corrected chi connectivity index (χ1v) is 8.64. The van der Waals surface area contributed by atoms with E-state index in [0.29, 0.717) is 0 Å². The van der Waals surface area contributed by atoms with Crippen LogP contribution >= 0.6 is 12.6 Å². The molecule has 1 unspecified atom stereocenters. The van der Waals surface area contributed by atoms with Crippen molar-refractivity contribution in [1.29, 1.82) is 0 Å². The first-order chi connectivity index (χ1) is 12.2. The maximum absolute atomic E-state index is 11.9. The number of nitrogens with zero attached hydrogens (tertiary/aromatic N) is 1. The molecule has 1 fully saturated rings. The van der Waals surface area contributed by atoms with Gasteiger partial charge in [-0.25, -0.2) is 4.79 Å². The fourth-order valence-corrected chi connectivity index (χ4v) is 2.75. The van der Waals surface area contributed by atoms with Crippen LogP contribution in [0.25, 0.3) is 0 Å². The van der Waals surface area contributed by atoms with Gasteiger partial charge in [0.1, 0.15) is 23.2 Å². The van der Waals surface area contributed by atoms with Crippen molar-refractivity contribution in [2.75, 3.05) is 18.8 Å². The molecule has 0 spiro atoms. The smallest absolute Gasteiger partial charge is 0.451 e. The molecular formula is C15H21BN2O7S. The number of carboxylic acid groups (broad SMARTS) is 1. The molecule has 1 aliphatic heterocycles. The average Bonchev–Trinajstić information content (AvgIpc) is 2.54. The van der Waals surface area contributed by atoms with Crippen molar-refractivity contribution in [3.05, 3.63) is 23.3 Å². The highest BCUT2D eigenvalue weighted by molar-refractivity contribution is 7.80. The van der Waals surface area contributed by atoms with E-state index in [9.17, 15) is 19.8 Å². The summed E-state index contributed by atoms with van der Waals surface area (Å²) in [6.07, 6.45) is -0.358. The number of hydrogen-bond donors (Lipinski definition) is 6. The van der Waals surface area contributed by atoms with Gasteiger partial charge in [-0.3, -0.25) is 4.79 Å². The minimum atomic E-state index is -1.55. The van der Waals surface area contributed by atoms with Gasteiger partial charge in [-0.1, -0.05) is 6.07 Å². The van der Waals surface area contributed by atoms with Crippen LogP contribution in [-0.2, 0) is 11.2 Å². The van der Waals surface area contributed by atoms with Gasteiger partial charge in [0.2, 0.25) is 5.91 Å². The molecule has 1 heterocycles. The highest BCUT2D eigenvalue weighted by Crippen LogP contribution is 2.34. The Morgan fingerprint density at radius 1 is 1.38 bits per heavy atom. The number of rotatable bonds is 8. The van der Waals surface area contributed by atoms with E-state index in [2.05, 4.69) is 12.6 Å². The van der Waals surface area contributed by atoms with Crippen LogP contribution in [0.15, 0.2) is 12.1 Å². The molecule has 1 saturated heterocycles. The average molecular weight is 384 g/mol. The van der Waals surface area contributed by atoms with E-state index in [1.165, 1.54) is 17.0 Å². The fourth-order valence-electron chi connectivity index (χ4n) is 2.59. The Kier molecular flexibility index (Phi) is 6.76. The van der Waals surface area contributed by atoms with Gasteiger partial charge < -0.3 is 35.6 Å². The summed E-state index contributed by atoms with van der Waals surface area (Å²) in [5.41, 5.74) is 5.49. The number of aromatic carboxylic acids is 1. The van der Waals surface area contributed by atoms with Crippen molar-refractivity contribution >= 4 is 31.6 Å². The van der Waals surface area contributed by atoms with Crippen LogP contribution in [0.5, 0.6) is 11.5 Å². The molecule has 1 atom stereocenters. The summed E-state index contributed by atoms with van der Waals surface area (Å²) in [5, 5.41) is 37.4. The molecule has 142 valence electrons. The number of phenols is 1. The quantitative estimate of drug-likeness (QED) is 0.245. The summed E-state index contributed by atoms with van der Waals surface area (Å²) in [4.78, 5) is 24.9. The number of carboxylic acids is 1. The van der Waals surface area contributed by atoms with E-state index < -0.39 is 36.5 Å². The highest BCUT2D eigenvalue weighted by atomic mass is 32.1. The van der Waals surface area contributed by atoms with Crippen molar-refractivity contribution in [3.8, 4) is 11.5 Å². The molecule has 2 rings (SSSR count). The Morgan fingerprint density at radius 3 is 2.58 bits per heavy atom. The number of aryl methyl sites for hydroxylation is 1. The number of carbonyl (C=O) groups is 2. The zero-order valence-electron chi connectivity index (χ0n) is 13.9. The molecule has 0 bridgehead atoms. The van der Waals surface area contributed by atoms with Gasteiger partial charge >= 0.3 is 13.1 Å². The molecule has 26 heavy (non-hydrogen) atoms. The van der Waals surface area contributed by atoms with Crippen molar-refractivity contribution in [1.82, 2.24) is 4.90 Å². The summed E-state index contributed by atoms with van der Waals surface area (Å²) >= 11 is 3.97. The largest absolute Gasteiger partial charge is 0.507 e. The van der Waals surface area contributed by atoms with Crippen LogP contribution in [0, 0.1) is 0 Å². The lowest BCUT2D eigenvalue weighted by atomic mass is 9.82. The second kappa shape index (κ2) is 8.63. The number of ether oxygens (including phenoxy) is 1. The number of thiol groups is 1. The monoisotopic (exact) mass is 384 g/mol. The Bertz CT molecular complexity index is 682. The van der Waals surface area contributed by atoms with Gasteiger partial charge in [-0.15, -0.1) is 0 Å². The normalized spacial score (nSPS) is 15.3. The van der Waals surface area contributed by atoms with Gasteiger partial charge in [0.15, 0.2) is 0 Å². The molecule has 0 aromatic heterocycles. The Balaban J connectivity index is 2.07. The summed E-state index contributed by atoms with van der Waals surface area (Å²) in [7, 11) is -1.55. The fraction of sp³-hybridized carbons (Fsp3) is 0.467. The second-order valence-electron chi connectivity index (χ2n) is 6.04. The predicted molar refractivity (Wildman–Crippen MR) is 96.6 cm³/mol. The summed E-state index contributed by atoms with van der Waals surface area (Å²) in [6.45, 7) is 0.525. The topological polar surface area (TPSA) is 154 Å². The molecule has 6 N–H and O–H groups in total. The van der Waals surface area contributed by atoms with E-state index in [-0.39, 0.29) is 48.8 Å². The van der Waals surface area contributed by atoms with Crippen LogP contribution in [0.4, 0.5) is 0 Å². The maximum Gasteiger partial charge on any atom is 0.451 e. The molecular weight excluding hydrogens is 363 g/mol. The predicted octanol–water partition coefficient (Wildman–Crippen LogP) is -1.05. The molecule has 1 aromatic rings.